The molecule has 1 rings (SSSR count). The Labute approximate surface area is 107 Å². The normalized spacial score (nSPS) is 24.0. The monoisotopic (exact) mass is 249 g/mol. The number of epoxide rings is 1. The van der Waals surface area contributed by atoms with Gasteiger partial charge >= 0.3 is 0 Å². The molecule has 2 atom stereocenters. The maximum Gasteiger partial charge on any atom is 0.220 e. The fourth-order valence-corrected chi connectivity index (χ4v) is 2.33. The van der Waals surface area contributed by atoms with Crippen molar-refractivity contribution in [2.45, 2.75) is 64.7 Å². The van der Waals surface area contributed by atoms with E-state index >= 15 is 0 Å². The van der Waals surface area contributed by atoms with Gasteiger partial charge in [-0.05, 0) is 19.8 Å². The first-order valence-electron chi connectivity index (χ1n) is 6.56. The van der Waals surface area contributed by atoms with Crippen LogP contribution in [-0.4, -0.2) is 37.5 Å². The summed E-state index contributed by atoms with van der Waals surface area (Å²) in [7, 11) is 4.58. The molecule has 0 spiro atoms. The fourth-order valence-electron chi connectivity index (χ4n) is 2.33. The van der Waals surface area contributed by atoms with Crippen molar-refractivity contribution in [3.8, 4) is 0 Å². The Morgan fingerprint density at radius 1 is 1.00 bits per heavy atom. The molecule has 1 aliphatic heterocycles. The van der Waals surface area contributed by atoms with Gasteiger partial charge in [-0.3, -0.25) is 0 Å². The minimum Gasteiger partial charge on any atom is -1.00 e. The zero-order valence-electron chi connectivity index (χ0n) is 11.3. The van der Waals surface area contributed by atoms with E-state index in [9.17, 15) is 0 Å². The van der Waals surface area contributed by atoms with Gasteiger partial charge in [0.2, 0.25) is 6.23 Å². The molecule has 0 bridgehead atoms. The second-order valence-electron chi connectivity index (χ2n) is 5.50. The van der Waals surface area contributed by atoms with E-state index in [1.165, 1.54) is 45.1 Å². The largest absolute Gasteiger partial charge is 1.00 e. The van der Waals surface area contributed by atoms with Crippen molar-refractivity contribution in [2.75, 3.05) is 20.6 Å². The maximum absolute atomic E-state index is 5.55. The average Bonchev–Trinajstić information content (AvgIpc) is 2.90. The number of nitrogens with zero attached hydrogens (tertiary/aromatic N) is 1. The van der Waals surface area contributed by atoms with Crippen LogP contribution >= 0.6 is 0 Å². The third-order valence-corrected chi connectivity index (χ3v) is 3.46. The SMILES string of the molecule is CCCCCCCC[N+](C)(C)C1OC1C.[Cl-]. The third kappa shape index (κ3) is 5.51. The molecule has 2 unspecified atom stereocenters. The summed E-state index contributed by atoms with van der Waals surface area (Å²) in [5, 5.41) is 0. The molecule has 1 aliphatic rings. The van der Waals surface area contributed by atoms with Gasteiger partial charge in [0, 0.05) is 0 Å². The van der Waals surface area contributed by atoms with Gasteiger partial charge in [0.25, 0.3) is 0 Å². The summed E-state index contributed by atoms with van der Waals surface area (Å²) in [6.07, 6.45) is 9.28. The Morgan fingerprint density at radius 3 is 2.00 bits per heavy atom. The first-order chi connectivity index (χ1) is 7.08. The van der Waals surface area contributed by atoms with E-state index in [1.807, 2.05) is 0 Å². The van der Waals surface area contributed by atoms with Crippen molar-refractivity contribution >= 4 is 0 Å². The third-order valence-electron chi connectivity index (χ3n) is 3.46. The first kappa shape index (κ1) is 16.2. The summed E-state index contributed by atoms with van der Waals surface area (Å²) in [4.78, 5) is 0. The van der Waals surface area contributed by atoms with Gasteiger partial charge in [0.05, 0.1) is 20.6 Å². The minimum atomic E-state index is 0. The predicted molar refractivity (Wildman–Crippen MR) is 64.7 cm³/mol. The van der Waals surface area contributed by atoms with E-state index in [-0.39, 0.29) is 12.4 Å². The molecule has 0 aliphatic carbocycles. The zero-order valence-corrected chi connectivity index (χ0v) is 12.1. The number of ether oxygens (including phenoxy) is 1. The van der Waals surface area contributed by atoms with Gasteiger partial charge in [-0.25, -0.2) is 0 Å². The van der Waals surface area contributed by atoms with E-state index < -0.39 is 0 Å². The van der Waals surface area contributed by atoms with Crippen LogP contribution in [0.1, 0.15) is 52.4 Å². The number of likely N-dealkylation sites (N-methyl/N-ethyl adjacent to an activating group) is 1. The summed E-state index contributed by atoms with van der Waals surface area (Å²) in [6.45, 7) is 5.71. The highest BCUT2D eigenvalue weighted by Gasteiger charge is 2.47. The highest BCUT2D eigenvalue weighted by atomic mass is 35.5. The Morgan fingerprint density at radius 2 is 1.50 bits per heavy atom. The smallest absolute Gasteiger partial charge is 0.220 e. The molecule has 0 aromatic rings. The van der Waals surface area contributed by atoms with Crippen LogP contribution in [0.3, 0.4) is 0 Å². The number of halogens is 1. The molecule has 1 heterocycles. The first-order valence-corrected chi connectivity index (χ1v) is 6.56. The minimum absolute atomic E-state index is 0. The van der Waals surface area contributed by atoms with E-state index in [0.29, 0.717) is 12.3 Å². The van der Waals surface area contributed by atoms with Crippen molar-refractivity contribution < 1.29 is 21.6 Å². The van der Waals surface area contributed by atoms with Crippen molar-refractivity contribution in [3.63, 3.8) is 0 Å². The van der Waals surface area contributed by atoms with Gasteiger partial charge in [-0.1, -0.05) is 32.6 Å². The summed E-state index contributed by atoms with van der Waals surface area (Å²) in [6, 6.07) is 0. The molecule has 1 fully saturated rings. The second-order valence-corrected chi connectivity index (χ2v) is 5.50. The standard InChI is InChI=1S/C13H28NO.ClH/c1-5-6-7-8-9-10-11-14(3,4)13-12(2)15-13;/h12-13H,5-11H2,1-4H3;1H/q+1;/p-1. The molecule has 1 saturated heterocycles. The van der Waals surface area contributed by atoms with Crippen LogP contribution in [0.25, 0.3) is 0 Å². The van der Waals surface area contributed by atoms with Crippen molar-refractivity contribution in [2.24, 2.45) is 0 Å². The van der Waals surface area contributed by atoms with E-state index in [1.54, 1.807) is 0 Å². The van der Waals surface area contributed by atoms with Crippen LogP contribution in [0.5, 0.6) is 0 Å². The van der Waals surface area contributed by atoms with Gasteiger partial charge in [-0.2, -0.15) is 0 Å². The molecule has 0 N–H and O–H groups in total. The molecule has 16 heavy (non-hydrogen) atoms. The van der Waals surface area contributed by atoms with Crippen molar-refractivity contribution in [3.05, 3.63) is 0 Å². The molecule has 0 aromatic carbocycles. The van der Waals surface area contributed by atoms with E-state index in [0.717, 1.165) is 4.48 Å². The lowest BCUT2D eigenvalue weighted by atomic mass is 10.1. The fraction of sp³-hybridized carbons (Fsp3) is 1.00. The van der Waals surface area contributed by atoms with Crippen molar-refractivity contribution in [1.29, 1.82) is 0 Å². The van der Waals surface area contributed by atoms with Gasteiger partial charge in [0.1, 0.15) is 6.10 Å². The molecule has 0 saturated carbocycles. The van der Waals surface area contributed by atoms with Gasteiger partial charge < -0.3 is 21.6 Å². The van der Waals surface area contributed by atoms with Crippen LogP contribution in [0.2, 0.25) is 0 Å². The van der Waals surface area contributed by atoms with Crippen molar-refractivity contribution in [1.82, 2.24) is 0 Å². The number of quaternary nitrogens is 1. The lowest BCUT2D eigenvalue weighted by molar-refractivity contribution is -0.911. The summed E-state index contributed by atoms with van der Waals surface area (Å²) in [5.74, 6) is 0. The number of unbranched alkanes of at least 4 members (excludes halogenated alkanes) is 5. The summed E-state index contributed by atoms with van der Waals surface area (Å²) >= 11 is 0. The lowest BCUT2D eigenvalue weighted by Gasteiger charge is -2.27. The topological polar surface area (TPSA) is 12.5 Å². The zero-order chi connectivity index (χ0) is 11.3. The predicted octanol–water partition coefficient (Wildman–Crippen LogP) is 0.172. The number of hydrogen-bond donors (Lipinski definition) is 0. The van der Waals surface area contributed by atoms with E-state index in [2.05, 4.69) is 27.9 Å². The summed E-state index contributed by atoms with van der Waals surface area (Å²) in [5.41, 5.74) is 0. The van der Waals surface area contributed by atoms with Gasteiger partial charge in [0.15, 0.2) is 0 Å². The van der Waals surface area contributed by atoms with Crippen LogP contribution < -0.4 is 12.4 Å². The summed E-state index contributed by atoms with van der Waals surface area (Å²) < 4.78 is 6.60. The molecule has 3 heteroatoms. The molecule has 0 amide bonds. The second kappa shape index (κ2) is 7.52. The lowest BCUT2D eigenvalue weighted by Crippen LogP contribution is -3.00. The maximum atomic E-state index is 5.55. The molecular weight excluding hydrogens is 222 g/mol. The molecule has 0 aromatic heterocycles. The Balaban J connectivity index is 0.00000225. The van der Waals surface area contributed by atoms with Crippen LogP contribution in [-0.2, 0) is 4.74 Å². The molecule has 2 nitrogen and oxygen atoms in total. The Kier molecular flexibility index (Phi) is 7.62. The highest BCUT2D eigenvalue weighted by molar-refractivity contribution is 4.71. The average molecular weight is 250 g/mol. The Bertz CT molecular complexity index is 185. The van der Waals surface area contributed by atoms with Gasteiger partial charge in [-0.15, -0.1) is 0 Å². The highest BCUT2D eigenvalue weighted by Crippen LogP contribution is 2.29. The van der Waals surface area contributed by atoms with Crippen LogP contribution in [0, 0.1) is 0 Å². The molecular formula is C13H28ClNO. The number of rotatable bonds is 8. The Hall–Kier alpha value is 0.210. The van der Waals surface area contributed by atoms with Crippen LogP contribution in [0.4, 0.5) is 0 Å². The molecule has 0 radical (unpaired) electrons. The number of hydrogen-bond acceptors (Lipinski definition) is 1. The van der Waals surface area contributed by atoms with E-state index in [4.69, 9.17) is 4.74 Å². The quantitative estimate of drug-likeness (QED) is 0.340. The van der Waals surface area contributed by atoms with Crippen LogP contribution in [0.15, 0.2) is 0 Å². The molecule has 98 valence electrons.